The number of aromatic nitrogens is 9. The molecule has 0 aliphatic heterocycles. The minimum absolute atomic E-state index is 0.241. The normalized spacial score (nSPS) is 11.2. The van der Waals surface area contributed by atoms with Crippen LogP contribution in [0, 0.1) is 0 Å². The molecule has 0 fully saturated rings. The van der Waals surface area contributed by atoms with Gasteiger partial charge in [0.05, 0.1) is 19.9 Å². The van der Waals surface area contributed by atoms with Crippen molar-refractivity contribution in [2.24, 2.45) is 0 Å². The zero-order chi connectivity index (χ0) is 27.4. The van der Waals surface area contributed by atoms with E-state index in [1.54, 1.807) is 21.6 Å². The van der Waals surface area contributed by atoms with Crippen molar-refractivity contribution in [3.05, 3.63) is 82.4 Å². The third-order valence-electron chi connectivity index (χ3n) is 6.64. The van der Waals surface area contributed by atoms with Crippen molar-refractivity contribution in [2.75, 3.05) is 7.11 Å². The van der Waals surface area contributed by atoms with Gasteiger partial charge < -0.3 is 4.74 Å². The standard InChI is InChI=1S/C27H29N9O3/c1-4-6-7-21-17-35(25-23(26(37)39-3)15-29-36(25)5-2)27(38)34(21)16-20-14-28-13-12-22(20)18-8-10-19(11-9-18)24-30-32-33-31-24/h8-15,17H,4-7,16H2,1-3H3,(H,30,31,32,33). The first-order valence-corrected chi connectivity index (χ1v) is 12.8. The van der Waals surface area contributed by atoms with E-state index >= 15 is 0 Å². The van der Waals surface area contributed by atoms with E-state index in [1.807, 2.05) is 43.5 Å². The summed E-state index contributed by atoms with van der Waals surface area (Å²) in [4.78, 5) is 30.7. The van der Waals surface area contributed by atoms with Crippen LogP contribution in [0.15, 0.2) is 59.9 Å². The van der Waals surface area contributed by atoms with E-state index in [-0.39, 0.29) is 11.3 Å². The molecule has 0 saturated carbocycles. The summed E-state index contributed by atoms with van der Waals surface area (Å²) in [5.74, 6) is 0.441. The van der Waals surface area contributed by atoms with Crippen LogP contribution in [0.4, 0.5) is 0 Å². The maximum absolute atomic E-state index is 13.9. The molecule has 1 aromatic carbocycles. The Morgan fingerprint density at radius 2 is 1.87 bits per heavy atom. The summed E-state index contributed by atoms with van der Waals surface area (Å²) >= 11 is 0. The monoisotopic (exact) mass is 527 g/mol. The Hall–Kier alpha value is -4.87. The number of hydrogen-bond acceptors (Lipinski definition) is 8. The zero-order valence-corrected chi connectivity index (χ0v) is 22.0. The topological polar surface area (TPSA) is 138 Å². The molecule has 0 unspecified atom stereocenters. The second kappa shape index (κ2) is 11.3. The highest BCUT2D eigenvalue weighted by molar-refractivity contribution is 5.92. The summed E-state index contributed by atoms with van der Waals surface area (Å²) in [5.41, 5.74) is 4.54. The van der Waals surface area contributed by atoms with Crippen molar-refractivity contribution in [1.29, 1.82) is 0 Å². The van der Waals surface area contributed by atoms with Crippen molar-refractivity contribution >= 4 is 5.97 Å². The number of ether oxygens (including phenoxy) is 1. The minimum atomic E-state index is -0.543. The summed E-state index contributed by atoms with van der Waals surface area (Å²) in [5, 5.41) is 18.3. The van der Waals surface area contributed by atoms with Crippen molar-refractivity contribution < 1.29 is 9.53 Å². The van der Waals surface area contributed by atoms with Gasteiger partial charge in [-0.3, -0.25) is 14.1 Å². The Kier molecular flexibility index (Phi) is 7.43. The maximum atomic E-state index is 13.9. The number of methoxy groups -OCH3 is 1. The van der Waals surface area contributed by atoms with E-state index in [2.05, 4.69) is 37.6 Å². The lowest BCUT2D eigenvalue weighted by atomic mass is 10.00. The van der Waals surface area contributed by atoms with Crippen LogP contribution in [0.1, 0.15) is 48.3 Å². The van der Waals surface area contributed by atoms with Crippen LogP contribution in [0.25, 0.3) is 28.3 Å². The number of nitrogens with zero attached hydrogens (tertiary/aromatic N) is 8. The number of imidazole rings is 1. The Balaban J connectivity index is 1.57. The summed E-state index contributed by atoms with van der Waals surface area (Å²) in [7, 11) is 1.31. The second-order valence-electron chi connectivity index (χ2n) is 9.01. The lowest BCUT2D eigenvalue weighted by Gasteiger charge is -2.12. The average molecular weight is 528 g/mol. The van der Waals surface area contributed by atoms with E-state index in [4.69, 9.17) is 4.74 Å². The van der Waals surface area contributed by atoms with Gasteiger partial charge in [-0.15, -0.1) is 5.10 Å². The van der Waals surface area contributed by atoms with Crippen LogP contribution >= 0.6 is 0 Å². The number of nitrogens with one attached hydrogen (secondary N) is 1. The summed E-state index contributed by atoms with van der Waals surface area (Å²) in [6.45, 7) is 4.82. The van der Waals surface area contributed by atoms with Crippen LogP contribution in [0.5, 0.6) is 0 Å². The number of H-pyrrole nitrogens is 1. The number of pyridine rings is 1. The zero-order valence-electron chi connectivity index (χ0n) is 22.0. The Labute approximate surface area is 224 Å². The van der Waals surface area contributed by atoms with Crippen LogP contribution < -0.4 is 5.69 Å². The van der Waals surface area contributed by atoms with E-state index < -0.39 is 5.97 Å². The molecule has 4 aromatic heterocycles. The molecule has 0 atom stereocenters. The minimum Gasteiger partial charge on any atom is -0.465 e. The van der Waals surface area contributed by atoms with Crippen LogP contribution in [0.3, 0.4) is 0 Å². The molecule has 0 amide bonds. The first-order valence-electron chi connectivity index (χ1n) is 12.8. The van der Waals surface area contributed by atoms with Crippen molar-refractivity contribution in [2.45, 2.75) is 46.2 Å². The summed E-state index contributed by atoms with van der Waals surface area (Å²) < 4.78 is 9.84. The Morgan fingerprint density at radius 1 is 1.08 bits per heavy atom. The maximum Gasteiger partial charge on any atom is 0.343 e. The smallest absolute Gasteiger partial charge is 0.343 e. The molecule has 39 heavy (non-hydrogen) atoms. The van der Waals surface area contributed by atoms with Crippen molar-refractivity contribution in [1.82, 2.24) is 44.5 Å². The van der Waals surface area contributed by atoms with Gasteiger partial charge in [0, 0.05) is 36.4 Å². The quantitative estimate of drug-likeness (QED) is 0.273. The molecule has 1 N–H and O–H groups in total. The third kappa shape index (κ3) is 5.00. The molecule has 200 valence electrons. The molecule has 0 aliphatic rings. The van der Waals surface area contributed by atoms with Gasteiger partial charge in [0.15, 0.2) is 11.6 Å². The predicted octanol–water partition coefficient (Wildman–Crippen LogP) is 3.28. The average Bonchev–Trinajstić information content (AvgIpc) is 3.72. The van der Waals surface area contributed by atoms with E-state index in [1.165, 1.54) is 17.9 Å². The molecule has 0 spiro atoms. The summed E-state index contributed by atoms with van der Waals surface area (Å²) in [6, 6.07) is 9.81. The molecule has 5 rings (SSSR count). The number of hydrogen-bond donors (Lipinski definition) is 1. The van der Waals surface area contributed by atoms with Crippen LogP contribution in [0.2, 0.25) is 0 Å². The fourth-order valence-corrected chi connectivity index (χ4v) is 4.62. The molecule has 0 bridgehead atoms. The molecular weight excluding hydrogens is 498 g/mol. The van der Waals surface area contributed by atoms with Gasteiger partial charge in [0.25, 0.3) is 0 Å². The fraction of sp³-hybridized carbons (Fsp3) is 0.296. The van der Waals surface area contributed by atoms with Gasteiger partial charge in [-0.1, -0.05) is 37.6 Å². The molecule has 12 heteroatoms. The Morgan fingerprint density at radius 3 is 2.56 bits per heavy atom. The fourth-order valence-electron chi connectivity index (χ4n) is 4.62. The van der Waals surface area contributed by atoms with Gasteiger partial charge in [0.2, 0.25) is 0 Å². The molecule has 0 radical (unpaired) electrons. The van der Waals surface area contributed by atoms with Crippen molar-refractivity contribution in [3.63, 3.8) is 0 Å². The van der Waals surface area contributed by atoms with E-state index in [0.29, 0.717) is 31.2 Å². The first kappa shape index (κ1) is 25.8. The lowest BCUT2D eigenvalue weighted by Crippen LogP contribution is -2.27. The number of aryl methyl sites for hydroxylation is 2. The van der Waals surface area contributed by atoms with Gasteiger partial charge in [-0.05, 0) is 52.9 Å². The lowest BCUT2D eigenvalue weighted by molar-refractivity contribution is 0.0600. The number of carbonyl (C=O) groups is 1. The number of tetrazole rings is 1. The number of benzene rings is 1. The Bertz CT molecular complexity index is 1630. The first-order chi connectivity index (χ1) is 19.0. The number of esters is 1. The third-order valence-corrected chi connectivity index (χ3v) is 6.64. The van der Waals surface area contributed by atoms with E-state index in [9.17, 15) is 9.59 Å². The number of unbranched alkanes of at least 4 members (excludes halogenated alkanes) is 1. The molecule has 0 saturated heterocycles. The van der Waals surface area contributed by atoms with Crippen molar-refractivity contribution in [3.8, 4) is 28.3 Å². The number of carbonyl (C=O) groups excluding carboxylic acids is 1. The van der Waals surface area contributed by atoms with Gasteiger partial charge in [-0.2, -0.15) is 5.10 Å². The van der Waals surface area contributed by atoms with Crippen LogP contribution in [-0.2, 0) is 24.2 Å². The molecular formula is C27H29N9O3. The largest absolute Gasteiger partial charge is 0.465 e. The van der Waals surface area contributed by atoms with E-state index in [0.717, 1.165) is 40.8 Å². The van der Waals surface area contributed by atoms with Gasteiger partial charge in [-0.25, -0.2) is 19.4 Å². The van der Waals surface area contributed by atoms with Gasteiger partial charge in [0.1, 0.15) is 5.56 Å². The van der Waals surface area contributed by atoms with Crippen LogP contribution in [-0.4, -0.2) is 57.6 Å². The number of aromatic amines is 1. The van der Waals surface area contributed by atoms with Gasteiger partial charge >= 0.3 is 11.7 Å². The number of rotatable bonds is 10. The molecule has 5 aromatic rings. The molecule has 0 aliphatic carbocycles. The summed E-state index contributed by atoms with van der Waals surface area (Å²) in [6.07, 6.45) is 9.38. The highest BCUT2D eigenvalue weighted by Gasteiger charge is 2.23. The highest BCUT2D eigenvalue weighted by Crippen LogP contribution is 2.26. The highest BCUT2D eigenvalue weighted by atomic mass is 16.5. The molecule has 12 nitrogen and oxygen atoms in total. The predicted molar refractivity (Wildman–Crippen MR) is 143 cm³/mol. The second-order valence-corrected chi connectivity index (χ2v) is 9.01. The SMILES string of the molecule is CCCCc1cn(-c2c(C(=O)OC)cnn2CC)c(=O)n1Cc1cnccc1-c1ccc(-c2nnn[nH]2)cc1. The molecule has 4 heterocycles.